The molecule has 0 fully saturated rings. The SMILES string of the molecule is COc1ccc2nc(CCl)n(COCC[SiH](C)C)c2c1. The topological polar surface area (TPSA) is 36.3 Å². The Hall–Kier alpha value is -1.04. The summed E-state index contributed by atoms with van der Waals surface area (Å²) in [5.74, 6) is 2.02. The van der Waals surface area contributed by atoms with E-state index in [0.717, 1.165) is 29.2 Å². The van der Waals surface area contributed by atoms with Crippen molar-refractivity contribution in [3.63, 3.8) is 0 Å². The summed E-state index contributed by atoms with van der Waals surface area (Å²) in [6.07, 6.45) is 0. The lowest BCUT2D eigenvalue weighted by Gasteiger charge is -2.10. The number of ether oxygens (including phenoxy) is 2. The van der Waals surface area contributed by atoms with Gasteiger partial charge < -0.3 is 14.0 Å². The van der Waals surface area contributed by atoms with Gasteiger partial charge in [-0.25, -0.2) is 4.98 Å². The quantitative estimate of drug-likeness (QED) is 0.447. The van der Waals surface area contributed by atoms with Crippen LogP contribution in [0.3, 0.4) is 0 Å². The van der Waals surface area contributed by atoms with Crippen LogP contribution in [0.1, 0.15) is 5.82 Å². The molecule has 0 bridgehead atoms. The van der Waals surface area contributed by atoms with Crippen molar-refractivity contribution < 1.29 is 9.47 Å². The number of methoxy groups -OCH3 is 1. The molecule has 0 spiro atoms. The van der Waals surface area contributed by atoms with Crippen molar-refractivity contribution >= 4 is 31.4 Å². The van der Waals surface area contributed by atoms with Crippen LogP contribution < -0.4 is 4.74 Å². The minimum absolute atomic E-state index is 0.374. The second-order valence-electron chi connectivity index (χ2n) is 5.16. The summed E-state index contributed by atoms with van der Waals surface area (Å²) >= 11 is 5.98. The normalized spacial score (nSPS) is 11.4. The van der Waals surface area contributed by atoms with Gasteiger partial charge in [0, 0.05) is 21.5 Å². The first-order valence-electron chi connectivity index (χ1n) is 6.82. The molecule has 0 saturated carbocycles. The Morgan fingerprint density at radius 3 is 2.80 bits per heavy atom. The number of aromatic nitrogens is 2. The van der Waals surface area contributed by atoms with Gasteiger partial charge in [0.25, 0.3) is 0 Å². The van der Waals surface area contributed by atoms with Gasteiger partial charge >= 0.3 is 0 Å². The number of alkyl halides is 1. The summed E-state index contributed by atoms with van der Waals surface area (Å²) < 4.78 is 13.1. The van der Waals surface area contributed by atoms with Crippen LogP contribution in [0.5, 0.6) is 5.75 Å². The minimum Gasteiger partial charge on any atom is -0.497 e. The van der Waals surface area contributed by atoms with E-state index >= 15 is 0 Å². The van der Waals surface area contributed by atoms with E-state index in [1.807, 2.05) is 22.8 Å². The van der Waals surface area contributed by atoms with Gasteiger partial charge in [0.2, 0.25) is 0 Å². The van der Waals surface area contributed by atoms with Crippen LogP contribution >= 0.6 is 11.6 Å². The van der Waals surface area contributed by atoms with Gasteiger partial charge in [-0.2, -0.15) is 0 Å². The van der Waals surface area contributed by atoms with Crippen molar-refractivity contribution in [2.75, 3.05) is 13.7 Å². The Kier molecular flexibility index (Phi) is 5.45. The van der Waals surface area contributed by atoms with Gasteiger partial charge in [-0.1, -0.05) is 13.1 Å². The van der Waals surface area contributed by atoms with E-state index in [1.54, 1.807) is 7.11 Å². The Bertz CT molecular complexity index is 572. The second-order valence-corrected chi connectivity index (χ2v) is 8.80. The number of halogens is 1. The summed E-state index contributed by atoms with van der Waals surface area (Å²) in [6.45, 7) is 5.94. The van der Waals surface area contributed by atoms with Gasteiger partial charge in [-0.05, 0) is 18.2 Å². The molecule has 0 N–H and O–H groups in total. The fourth-order valence-corrected chi connectivity index (χ4v) is 2.84. The maximum absolute atomic E-state index is 5.98. The largest absolute Gasteiger partial charge is 0.497 e. The van der Waals surface area contributed by atoms with Crippen LogP contribution in [-0.2, 0) is 17.3 Å². The lowest BCUT2D eigenvalue weighted by atomic mass is 10.3. The molecule has 0 aliphatic heterocycles. The molecule has 4 nitrogen and oxygen atoms in total. The van der Waals surface area contributed by atoms with Crippen LogP contribution in [0.15, 0.2) is 18.2 Å². The number of hydrogen-bond acceptors (Lipinski definition) is 3. The third-order valence-corrected chi connectivity index (χ3v) is 4.84. The molecule has 1 aromatic carbocycles. The molecule has 0 amide bonds. The van der Waals surface area contributed by atoms with E-state index in [4.69, 9.17) is 21.1 Å². The molecule has 0 aliphatic rings. The predicted octanol–water partition coefficient (Wildman–Crippen LogP) is 3.24. The summed E-state index contributed by atoms with van der Waals surface area (Å²) in [4.78, 5) is 4.52. The highest BCUT2D eigenvalue weighted by Crippen LogP contribution is 2.23. The van der Waals surface area contributed by atoms with E-state index in [-0.39, 0.29) is 0 Å². The molecule has 20 heavy (non-hydrogen) atoms. The van der Waals surface area contributed by atoms with E-state index < -0.39 is 8.80 Å². The van der Waals surface area contributed by atoms with Crippen LogP contribution in [0.25, 0.3) is 11.0 Å². The second kappa shape index (κ2) is 7.11. The Labute approximate surface area is 126 Å². The molecule has 0 unspecified atom stereocenters. The van der Waals surface area contributed by atoms with Crippen molar-refractivity contribution in [3.8, 4) is 5.75 Å². The first-order chi connectivity index (χ1) is 9.65. The molecular formula is C14H21ClN2O2Si. The number of hydrogen-bond donors (Lipinski definition) is 0. The van der Waals surface area contributed by atoms with Crippen LogP contribution in [-0.4, -0.2) is 32.1 Å². The van der Waals surface area contributed by atoms with Crippen molar-refractivity contribution in [1.29, 1.82) is 0 Å². The standard InChI is InChI=1S/C14H21ClN2O2Si/c1-18-11-4-5-12-13(8-11)17(14(9-15)16-12)10-19-6-7-20(2)3/h4-5,8,20H,6-7,9-10H2,1-3H3. The molecule has 110 valence electrons. The number of rotatable bonds is 7. The molecule has 6 heteroatoms. The zero-order chi connectivity index (χ0) is 14.5. The number of fused-ring (bicyclic) bond motifs is 1. The van der Waals surface area contributed by atoms with Crippen LogP contribution in [0.2, 0.25) is 19.1 Å². The molecule has 0 aliphatic carbocycles. The maximum Gasteiger partial charge on any atom is 0.126 e. The Morgan fingerprint density at radius 2 is 2.15 bits per heavy atom. The molecule has 0 saturated heterocycles. The lowest BCUT2D eigenvalue weighted by molar-refractivity contribution is 0.0887. The molecule has 0 atom stereocenters. The highest BCUT2D eigenvalue weighted by atomic mass is 35.5. The van der Waals surface area contributed by atoms with Gasteiger partial charge in [-0.15, -0.1) is 11.6 Å². The first-order valence-corrected chi connectivity index (χ1v) is 10.5. The average Bonchev–Trinajstić information content (AvgIpc) is 2.80. The van der Waals surface area contributed by atoms with E-state index in [9.17, 15) is 0 Å². The van der Waals surface area contributed by atoms with Crippen molar-refractivity contribution in [2.24, 2.45) is 0 Å². The maximum atomic E-state index is 5.98. The average molecular weight is 313 g/mol. The summed E-state index contributed by atoms with van der Waals surface area (Å²) in [5.41, 5.74) is 1.92. The third kappa shape index (κ3) is 3.53. The lowest BCUT2D eigenvalue weighted by Crippen LogP contribution is -2.10. The van der Waals surface area contributed by atoms with Crippen LogP contribution in [0, 0.1) is 0 Å². The van der Waals surface area contributed by atoms with Gasteiger partial charge in [0.05, 0.1) is 24.0 Å². The Morgan fingerprint density at radius 1 is 1.35 bits per heavy atom. The van der Waals surface area contributed by atoms with Crippen molar-refractivity contribution in [2.45, 2.75) is 31.7 Å². The molecule has 1 heterocycles. The zero-order valence-corrected chi connectivity index (χ0v) is 14.1. The summed E-state index contributed by atoms with van der Waals surface area (Å²) in [6, 6.07) is 7.01. The molecular weight excluding hydrogens is 292 g/mol. The van der Waals surface area contributed by atoms with Gasteiger partial charge in [0.1, 0.15) is 18.3 Å². The van der Waals surface area contributed by atoms with E-state index in [0.29, 0.717) is 12.6 Å². The zero-order valence-electron chi connectivity index (χ0n) is 12.2. The third-order valence-electron chi connectivity index (χ3n) is 3.21. The van der Waals surface area contributed by atoms with Gasteiger partial charge in [0.15, 0.2) is 0 Å². The van der Waals surface area contributed by atoms with E-state index in [2.05, 4.69) is 18.1 Å². The number of nitrogens with zero attached hydrogens (tertiary/aromatic N) is 2. The fraction of sp³-hybridized carbons (Fsp3) is 0.500. The molecule has 0 radical (unpaired) electrons. The first kappa shape index (κ1) is 15.3. The van der Waals surface area contributed by atoms with Crippen molar-refractivity contribution in [3.05, 3.63) is 24.0 Å². The molecule has 1 aromatic heterocycles. The van der Waals surface area contributed by atoms with E-state index in [1.165, 1.54) is 6.04 Å². The fourth-order valence-electron chi connectivity index (χ4n) is 2.00. The molecule has 2 aromatic rings. The van der Waals surface area contributed by atoms with Crippen molar-refractivity contribution in [1.82, 2.24) is 9.55 Å². The number of benzene rings is 1. The smallest absolute Gasteiger partial charge is 0.126 e. The molecule has 2 rings (SSSR count). The minimum atomic E-state index is -0.559. The predicted molar refractivity (Wildman–Crippen MR) is 85.5 cm³/mol. The van der Waals surface area contributed by atoms with Crippen LogP contribution in [0.4, 0.5) is 0 Å². The summed E-state index contributed by atoms with van der Waals surface area (Å²) in [5, 5.41) is 0. The summed E-state index contributed by atoms with van der Waals surface area (Å²) in [7, 11) is 1.10. The monoisotopic (exact) mass is 312 g/mol. The Balaban J connectivity index is 2.20. The highest BCUT2D eigenvalue weighted by Gasteiger charge is 2.11. The number of imidazole rings is 1. The highest BCUT2D eigenvalue weighted by molar-refractivity contribution is 6.55. The van der Waals surface area contributed by atoms with Gasteiger partial charge in [-0.3, -0.25) is 0 Å².